The number of benzene rings is 2. The predicted octanol–water partition coefficient (Wildman–Crippen LogP) is 3.06. The summed E-state index contributed by atoms with van der Waals surface area (Å²) in [5, 5.41) is 5.47. The number of methoxy groups -OCH3 is 1. The third kappa shape index (κ3) is 5.17. The van der Waals surface area contributed by atoms with Crippen LogP contribution >= 0.6 is 0 Å². The van der Waals surface area contributed by atoms with Gasteiger partial charge in [-0.05, 0) is 44.5 Å². The molecular formula is C21H24N2O4. The minimum Gasteiger partial charge on any atom is -0.465 e. The summed E-state index contributed by atoms with van der Waals surface area (Å²) in [7, 11) is 1.29. The standard InChI is InChI=1S/C21H24N2O4/c1-14-8-10-15(11-9-14)13-22-19(25)21(2,3)20(26)23-17-7-5-6-16(12-17)18(24)27-4/h5-12H,13H2,1-4H3,(H,22,25)(H,23,26). The zero-order chi connectivity index (χ0) is 20.0. The Bertz CT molecular complexity index is 842. The maximum atomic E-state index is 12.6. The van der Waals surface area contributed by atoms with E-state index in [1.807, 2.05) is 31.2 Å². The molecule has 0 atom stereocenters. The van der Waals surface area contributed by atoms with Crippen molar-refractivity contribution < 1.29 is 19.1 Å². The molecule has 2 rings (SSSR count). The van der Waals surface area contributed by atoms with Crippen LogP contribution in [0.25, 0.3) is 0 Å². The van der Waals surface area contributed by atoms with Crippen molar-refractivity contribution in [2.45, 2.75) is 27.3 Å². The molecule has 0 aliphatic rings. The van der Waals surface area contributed by atoms with Gasteiger partial charge in [-0.1, -0.05) is 35.9 Å². The van der Waals surface area contributed by atoms with Crippen molar-refractivity contribution in [1.82, 2.24) is 5.32 Å². The van der Waals surface area contributed by atoms with Crippen LogP contribution in [0, 0.1) is 12.3 Å². The molecule has 27 heavy (non-hydrogen) atoms. The number of ether oxygens (including phenoxy) is 1. The summed E-state index contributed by atoms with van der Waals surface area (Å²) in [5.74, 6) is -1.35. The number of esters is 1. The van der Waals surface area contributed by atoms with Crippen molar-refractivity contribution in [3.63, 3.8) is 0 Å². The monoisotopic (exact) mass is 368 g/mol. The van der Waals surface area contributed by atoms with Gasteiger partial charge in [-0.15, -0.1) is 0 Å². The van der Waals surface area contributed by atoms with E-state index in [-0.39, 0.29) is 5.91 Å². The maximum absolute atomic E-state index is 12.6. The molecule has 2 amide bonds. The molecule has 0 heterocycles. The lowest BCUT2D eigenvalue weighted by molar-refractivity contribution is -0.138. The largest absolute Gasteiger partial charge is 0.465 e. The van der Waals surface area contributed by atoms with Gasteiger partial charge in [0.15, 0.2) is 0 Å². The minimum absolute atomic E-state index is 0.317. The van der Waals surface area contributed by atoms with Crippen LogP contribution in [0.2, 0.25) is 0 Å². The summed E-state index contributed by atoms with van der Waals surface area (Å²) in [4.78, 5) is 36.7. The van der Waals surface area contributed by atoms with Gasteiger partial charge < -0.3 is 15.4 Å². The van der Waals surface area contributed by atoms with E-state index in [0.29, 0.717) is 17.8 Å². The van der Waals surface area contributed by atoms with Crippen LogP contribution in [0.15, 0.2) is 48.5 Å². The van der Waals surface area contributed by atoms with Crippen LogP contribution in [0.1, 0.15) is 35.3 Å². The Balaban J connectivity index is 2.02. The molecule has 0 radical (unpaired) electrons. The van der Waals surface area contributed by atoms with Crippen LogP contribution in [0.3, 0.4) is 0 Å². The van der Waals surface area contributed by atoms with Gasteiger partial charge >= 0.3 is 5.97 Å². The molecule has 0 aliphatic heterocycles. The van der Waals surface area contributed by atoms with E-state index >= 15 is 0 Å². The molecule has 2 aromatic rings. The second kappa shape index (κ2) is 8.49. The molecule has 0 spiro atoms. The number of nitrogens with one attached hydrogen (secondary N) is 2. The smallest absolute Gasteiger partial charge is 0.337 e. The molecule has 6 nitrogen and oxygen atoms in total. The predicted molar refractivity (Wildman–Crippen MR) is 103 cm³/mol. The Kier molecular flexibility index (Phi) is 6.34. The van der Waals surface area contributed by atoms with Gasteiger partial charge in [0.2, 0.25) is 11.8 Å². The topological polar surface area (TPSA) is 84.5 Å². The lowest BCUT2D eigenvalue weighted by Crippen LogP contribution is -2.44. The van der Waals surface area contributed by atoms with E-state index in [2.05, 4.69) is 15.4 Å². The second-order valence-corrected chi connectivity index (χ2v) is 6.82. The van der Waals surface area contributed by atoms with Crippen LogP contribution in [-0.4, -0.2) is 24.9 Å². The molecule has 6 heteroatoms. The molecule has 2 aromatic carbocycles. The fraction of sp³-hybridized carbons (Fsp3) is 0.286. The van der Waals surface area contributed by atoms with Gasteiger partial charge in [-0.2, -0.15) is 0 Å². The molecule has 0 bridgehead atoms. The van der Waals surface area contributed by atoms with Crippen molar-refractivity contribution in [2.24, 2.45) is 5.41 Å². The van der Waals surface area contributed by atoms with Crippen LogP contribution < -0.4 is 10.6 Å². The van der Waals surface area contributed by atoms with Crippen molar-refractivity contribution in [2.75, 3.05) is 12.4 Å². The molecule has 0 unspecified atom stereocenters. The third-order valence-corrected chi connectivity index (χ3v) is 4.25. The Morgan fingerprint density at radius 1 is 1.00 bits per heavy atom. The first kappa shape index (κ1) is 20.2. The SMILES string of the molecule is COC(=O)c1cccc(NC(=O)C(C)(C)C(=O)NCc2ccc(C)cc2)c1. The van der Waals surface area contributed by atoms with E-state index in [4.69, 9.17) is 0 Å². The first-order chi connectivity index (χ1) is 12.7. The number of amides is 2. The Morgan fingerprint density at radius 2 is 1.67 bits per heavy atom. The molecule has 0 saturated heterocycles. The second-order valence-electron chi connectivity index (χ2n) is 6.82. The molecule has 142 valence electrons. The van der Waals surface area contributed by atoms with Crippen molar-refractivity contribution in [3.05, 3.63) is 65.2 Å². The fourth-order valence-electron chi connectivity index (χ4n) is 2.34. The fourth-order valence-corrected chi connectivity index (χ4v) is 2.34. The quantitative estimate of drug-likeness (QED) is 0.606. The lowest BCUT2D eigenvalue weighted by atomic mass is 9.90. The molecule has 0 aromatic heterocycles. The number of aryl methyl sites for hydroxylation is 1. The first-order valence-corrected chi connectivity index (χ1v) is 8.57. The maximum Gasteiger partial charge on any atom is 0.337 e. The zero-order valence-corrected chi connectivity index (χ0v) is 16.0. The first-order valence-electron chi connectivity index (χ1n) is 8.57. The number of carbonyl (C=O) groups excluding carboxylic acids is 3. The minimum atomic E-state index is -1.29. The van der Waals surface area contributed by atoms with Crippen molar-refractivity contribution in [3.8, 4) is 0 Å². The van der Waals surface area contributed by atoms with E-state index < -0.39 is 17.3 Å². The van der Waals surface area contributed by atoms with Crippen LogP contribution in [0.5, 0.6) is 0 Å². The van der Waals surface area contributed by atoms with Gasteiger partial charge in [0, 0.05) is 12.2 Å². The number of rotatable bonds is 6. The highest BCUT2D eigenvalue weighted by molar-refractivity contribution is 6.10. The average Bonchev–Trinajstić information content (AvgIpc) is 2.66. The number of hydrogen-bond donors (Lipinski definition) is 2. The highest BCUT2D eigenvalue weighted by Crippen LogP contribution is 2.20. The molecule has 2 N–H and O–H groups in total. The van der Waals surface area contributed by atoms with E-state index in [9.17, 15) is 14.4 Å². The molecule has 0 aliphatic carbocycles. The third-order valence-electron chi connectivity index (χ3n) is 4.25. The van der Waals surface area contributed by atoms with Gasteiger partial charge in [0.25, 0.3) is 0 Å². The summed E-state index contributed by atoms with van der Waals surface area (Å²) in [6.07, 6.45) is 0. The van der Waals surface area contributed by atoms with Crippen molar-refractivity contribution >= 4 is 23.5 Å². The Labute approximate surface area is 158 Å². The van der Waals surface area contributed by atoms with Gasteiger partial charge in [0.1, 0.15) is 5.41 Å². The number of carbonyl (C=O) groups is 3. The summed E-state index contributed by atoms with van der Waals surface area (Å²) in [6.45, 7) is 5.44. The summed E-state index contributed by atoms with van der Waals surface area (Å²) in [6, 6.07) is 14.2. The van der Waals surface area contributed by atoms with Crippen LogP contribution in [-0.2, 0) is 20.9 Å². The Hall–Kier alpha value is -3.15. The van der Waals surface area contributed by atoms with E-state index in [0.717, 1.165) is 11.1 Å². The highest BCUT2D eigenvalue weighted by Gasteiger charge is 2.36. The lowest BCUT2D eigenvalue weighted by Gasteiger charge is -2.23. The summed E-state index contributed by atoms with van der Waals surface area (Å²) >= 11 is 0. The van der Waals surface area contributed by atoms with Crippen LogP contribution in [0.4, 0.5) is 5.69 Å². The summed E-state index contributed by atoms with van der Waals surface area (Å²) < 4.78 is 4.67. The number of anilines is 1. The zero-order valence-electron chi connectivity index (χ0n) is 16.0. The number of hydrogen-bond acceptors (Lipinski definition) is 4. The highest BCUT2D eigenvalue weighted by atomic mass is 16.5. The van der Waals surface area contributed by atoms with Gasteiger partial charge in [-0.3, -0.25) is 9.59 Å². The summed E-state index contributed by atoms with van der Waals surface area (Å²) in [5.41, 5.74) is 1.54. The molecular weight excluding hydrogens is 344 g/mol. The average molecular weight is 368 g/mol. The molecule has 0 saturated carbocycles. The van der Waals surface area contributed by atoms with Crippen molar-refractivity contribution in [1.29, 1.82) is 0 Å². The van der Waals surface area contributed by atoms with E-state index in [1.165, 1.54) is 13.2 Å². The van der Waals surface area contributed by atoms with E-state index in [1.54, 1.807) is 32.0 Å². The van der Waals surface area contributed by atoms with Gasteiger partial charge in [-0.25, -0.2) is 4.79 Å². The normalized spacial score (nSPS) is 10.8. The van der Waals surface area contributed by atoms with Gasteiger partial charge in [0.05, 0.1) is 12.7 Å². The molecule has 0 fully saturated rings. The Morgan fingerprint density at radius 3 is 2.30 bits per heavy atom.